The van der Waals surface area contributed by atoms with Crippen LogP contribution in [0.15, 0.2) is 22.7 Å². The summed E-state index contributed by atoms with van der Waals surface area (Å²) in [6, 6.07) is 6.43. The van der Waals surface area contributed by atoms with E-state index in [9.17, 15) is 0 Å². The second kappa shape index (κ2) is 6.19. The Hall–Kier alpha value is -0.0900. The van der Waals surface area contributed by atoms with E-state index in [1.165, 1.54) is 5.56 Å². The lowest BCUT2D eigenvalue weighted by Crippen LogP contribution is -2.41. The summed E-state index contributed by atoms with van der Waals surface area (Å²) in [7, 11) is 0. The fourth-order valence-corrected chi connectivity index (χ4v) is 2.68. The van der Waals surface area contributed by atoms with E-state index >= 15 is 0 Å². The lowest BCUT2D eigenvalue weighted by Gasteiger charge is -2.29. The molecule has 1 aliphatic heterocycles. The van der Waals surface area contributed by atoms with Gasteiger partial charge in [0.1, 0.15) is 0 Å². The summed E-state index contributed by atoms with van der Waals surface area (Å²) in [6.07, 6.45) is 1.08. The molecule has 2 atom stereocenters. The first kappa shape index (κ1) is 13.3. The first-order chi connectivity index (χ1) is 8.16. The summed E-state index contributed by atoms with van der Waals surface area (Å²) in [5.41, 5.74) is 1.20. The van der Waals surface area contributed by atoms with Crippen LogP contribution in [0.25, 0.3) is 0 Å². The Morgan fingerprint density at radius 1 is 1.53 bits per heavy atom. The van der Waals surface area contributed by atoms with Crippen molar-refractivity contribution in [2.75, 3.05) is 13.2 Å². The maximum absolute atomic E-state index is 6.00. The zero-order valence-electron chi connectivity index (χ0n) is 9.88. The standard InChI is InChI=1S/C13H17BrClNO/c1-9-8-17-5-4-13(9)16-7-10-6-11(15)2-3-12(10)14/h2-3,6,9,13,16H,4-5,7-8H2,1H3. The van der Waals surface area contributed by atoms with Crippen LogP contribution in [0.5, 0.6) is 0 Å². The lowest BCUT2D eigenvalue weighted by molar-refractivity contribution is 0.0386. The highest BCUT2D eigenvalue weighted by Crippen LogP contribution is 2.22. The highest BCUT2D eigenvalue weighted by atomic mass is 79.9. The zero-order chi connectivity index (χ0) is 12.3. The van der Waals surface area contributed by atoms with E-state index in [2.05, 4.69) is 28.2 Å². The van der Waals surface area contributed by atoms with Gasteiger partial charge in [-0.25, -0.2) is 0 Å². The molecule has 94 valence electrons. The van der Waals surface area contributed by atoms with Crippen molar-refractivity contribution in [3.8, 4) is 0 Å². The molecule has 2 rings (SSSR count). The van der Waals surface area contributed by atoms with E-state index in [0.717, 1.165) is 35.7 Å². The van der Waals surface area contributed by atoms with Crippen LogP contribution in [0.2, 0.25) is 5.02 Å². The van der Waals surface area contributed by atoms with E-state index in [4.69, 9.17) is 16.3 Å². The maximum Gasteiger partial charge on any atom is 0.0506 e. The van der Waals surface area contributed by atoms with Gasteiger partial charge >= 0.3 is 0 Å². The molecule has 1 N–H and O–H groups in total. The second-order valence-electron chi connectivity index (χ2n) is 4.56. The number of benzene rings is 1. The van der Waals surface area contributed by atoms with Gasteiger partial charge in [0, 0.05) is 28.7 Å². The highest BCUT2D eigenvalue weighted by Gasteiger charge is 2.21. The molecular weight excluding hydrogens is 302 g/mol. The normalized spacial score (nSPS) is 24.9. The first-order valence-corrected chi connectivity index (χ1v) is 7.09. The van der Waals surface area contributed by atoms with Gasteiger partial charge < -0.3 is 10.1 Å². The minimum Gasteiger partial charge on any atom is -0.381 e. The van der Waals surface area contributed by atoms with Crippen molar-refractivity contribution in [2.45, 2.75) is 25.9 Å². The monoisotopic (exact) mass is 317 g/mol. The lowest BCUT2D eigenvalue weighted by atomic mass is 9.97. The number of ether oxygens (including phenoxy) is 1. The Morgan fingerprint density at radius 2 is 2.35 bits per heavy atom. The minimum absolute atomic E-state index is 0.537. The molecule has 0 aromatic heterocycles. The number of hydrogen-bond donors (Lipinski definition) is 1. The minimum atomic E-state index is 0.537. The van der Waals surface area contributed by atoms with E-state index in [1.54, 1.807) is 0 Å². The van der Waals surface area contributed by atoms with Crippen molar-refractivity contribution < 1.29 is 4.74 Å². The predicted octanol–water partition coefficient (Wildman–Crippen LogP) is 3.62. The third kappa shape index (κ3) is 3.68. The van der Waals surface area contributed by atoms with Crippen LogP contribution >= 0.6 is 27.5 Å². The molecule has 2 unspecified atom stereocenters. The molecule has 0 aliphatic carbocycles. The van der Waals surface area contributed by atoms with Crippen molar-refractivity contribution in [3.63, 3.8) is 0 Å². The molecule has 1 saturated heterocycles. The molecule has 0 amide bonds. The summed E-state index contributed by atoms with van der Waals surface area (Å²) in [5, 5.41) is 4.37. The van der Waals surface area contributed by atoms with Gasteiger partial charge in [-0.05, 0) is 36.1 Å². The average Bonchev–Trinajstić information content (AvgIpc) is 2.32. The van der Waals surface area contributed by atoms with Crippen molar-refractivity contribution in [3.05, 3.63) is 33.3 Å². The molecule has 2 nitrogen and oxygen atoms in total. The number of hydrogen-bond acceptors (Lipinski definition) is 2. The van der Waals surface area contributed by atoms with E-state index in [1.807, 2.05) is 18.2 Å². The number of halogens is 2. The highest BCUT2D eigenvalue weighted by molar-refractivity contribution is 9.10. The van der Waals surface area contributed by atoms with Crippen molar-refractivity contribution in [2.24, 2.45) is 5.92 Å². The maximum atomic E-state index is 6.00. The van der Waals surface area contributed by atoms with Crippen molar-refractivity contribution in [1.82, 2.24) is 5.32 Å². The molecule has 1 aromatic carbocycles. The molecule has 0 radical (unpaired) electrons. The third-order valence-corrected chi connectivity index (χ3v) is 4.21. The van der Waals surface area contributed by atoms with Gasteiger partial charge in [-0.2, -0.15) is 0 Å². The van der Waals surface area contributed by atoms with Crippen LogP contribution in [0.4, 0.5) is 0 Å². The molecule has 1 aromatic rings. The van der Waals surface area contributed by atoms with E-state index < -0.39 is 0 Å². The van der Waals surface area contributed by atoms with Crippen molar-refractivity contribution >= 4 is 27.5 Å². The average molecular weight is 319 g/mol. The second-order valence-corrected chi connectivity index (χ2v) is 5.85. The largest absolute Gasteiger partial charge is 0.381 e. The predicted molar refractivity (Wildman–Crippen MR) is 74.4 cm³/mol. The summed E-state index contributed by atoms with van der Waals surface area (Å²) < 4.78 is 6.54. The SMILES string of the molecule is CC1COCCC1NCc1cc(Cl)ccc1Br. The Bertz CT molecular complexity index is 386. The molecule has 1 aliphatic rings. The van der Waals surface area contributed by atoms with Gasteiger partial charge in [0.2, 0.25) is 0 Å². The molecule has 0 spiro atoms. The third-order valence-electron chi connectivity index (χ3n) is 3.20. The van der Waals surface area contributed by atoms with Gasteiger partial charge in [0.25, 0.3) is 0 Å². The van der Waals surface area contributed by atoms with Crippen LogP contribution in [-0.2, 0) is 11.3 Å². The number of rotatable bonds is 3. The van der Waals surface area contributed by atoms with Crippen LogP contribution in [0, 0.1) is 5.92 Å². The Balaban J connectivity index is 1.94. The summed E-state index contributed by atoms with van der Waals surface area (Å²) in [4.78, 5) is 0. The molecule has 4 heteroatoms. The van der Waals surface area contributed by atoms with Gasteiger partial charge in [0.15, 0.2) is 0 Å². The van der Waals surface area contributed by atoms with Gasteiger partial charge in [-0.1, -0.05) is 34.5 Å². The molecule has 1 heterocycles. The molecular formula is C13H17BrClNO. The summed E-state index contributed by atoms with van der Waals surface area (Å²) in [5.74, 6) is 0.571. The summed E-state index contributed by atoms with van der Waals surface area (Å²) >= 11 is 9.55. The van der Waals surface area contributed by atoms with E-state index in [-0.39, 0.29) is 0 Å². The molecule has 1 fully saturated rings. The Morgan fingerprint density at radius 3 is 3.12 bits per heavy atom. The van der Waals surface area contributed by atoms with Crippen molar-refractivity contribution in [1.29, 1.82) is 0 Å². The fourth-order valence-electron chi connectivity index (χ4n) is 2.10. The van der Waals surface area contributed by atoms with Gasteiger partial charge in [0.05, 0.1) is 6.61 Å². The first-order valence-electron chi connectivity index (χ1n) is 5.92. The smallest absolute Gasteiger partial charge is 0.0506 e. The topological polar surface area (TPSA) is 21.3 Å². The quantitative estimate of drug-likeness (QED) is 0.919. The van der Waals surface area contributed by atoms with Crippen LogP contribution < -0.4 is 5.32 Å². The van der Waals surface area contributed by atoms with E-state index in [0.29, 0.717) is 12.0 Å². The van der Waals surface area contributed by atoms with Gasteiger partial charge in [-0.15, -0.1) is 0 Å². The summed E-state index contributed by atoms with van der Waals surface area (Å²) in [6.45, 7) is 4.78. The molecule has 0 saturated carbocycles. The fraction of sp³-hybridized carbons (Fsp3) is 0.538. The molecule has 17 heavy (non-hydrogen) atoms. The Labute approximate surface area is 116 Å². The van der Waals surface area contributed by atoms with Gasteiger partial charge in [-0.3, -0.25) is 0 Å². The van der Waals surface area contributed by atoms with Crippen LogP contribution in [-0.4, -0.2) is 19.3 Å². The zero-order valence-corrected chi connectivity index (χ0v) is 12.2. The Kier molecular flexibility index (Phi) is 4.86. The molecule has 0 bridgehead atoms. The van der Waals surface area contributed by atoms with Crippen LogP contribution in [0.3, 0.4) is 0 Å². The number of nitrogens with one attached hydrogen (secondary N) is 1. The van der Waals surface area contributed by atoms with Crippen LogP contribution in [0.1, 0.15) is 18.9 Å².